The largest absolute Gasteiger partial charge is 0.472 e. The minimum Gasteiger partial charge on any atom is -0.457 e. The summed E-state index contributed by atoms with van der Waals surface area (Å²) in [6.45, 7) is 2.23. The van der Waals surface area contributed by atoms with Crippen LogP contribution in [0.2, 0.25) is 0 Å². The lowest BCUT2D eigenvalue weighted by Crippen LogP contribution is -2.38. The first-order chi connectivity index (χ1) is 27.1. The fourth-order valence-electron chi connectivity index (χ4n) is 5.92. The Bertz CT molecular complexity index is 1570. The van der Waals surface area contributed by atoms with Crippen molar-refractivity contribution in [3.05, 3.63) is 156 Å². The Balaban J connectivity index is 1.63. The molecule has 0 heterocycles. The van der Waals surface area contributed by atoms with Crippen molar-refractivity contribution in [3.63, 3.8) is 0 Å². The minimum absolute atomic E-state index is 0.0227. The topological polar surface area (TPSA) is 91.3 Å². The maximum Gasteiger partial charge on any atom is 0.472 e. The first kappa shape index (κ1) is 46.5. The Labute approximate surface area is 336 Å². The van der Waals surface area contributed by atoms with Gasteiger partial charge in [-0.3, -0.25) is 13.8 Å². The maximum atomic E-state index is 13.2. The van der Waals surface area contributed by atoms with Crippen LogP contribution in [0.1, 0.15) is 87.8 Å². The van der Waals surface area contributed by atoms with E-state index in [0.717, 1.165) is 42.4 Å². The number of phosphoric ester groups is 1. The molecular formula is C47H65NO7P+. The van der Waals surface area contributed by atoms with E-state index in [1.165, 1.54) is 25.7 Å². The van der Waals surface area contributed by atoms with Crippen LogP contribution >= 0.6 is 7.82 Å². The van der Waals surface area contributed by atoms with Gasteiger partial charge in [-0.05, 0) is 61.6 Å². The quantitative estimate of drug-likeness (QED) is 0.0196. The number of carbonyl (C=O) groups excluding carboxylic acids is 1. The van der Waals surface area contributed by atoms with Crippen LogP contribution in [0.25, 0.3) is 0 Å². The second-order valence-corrected chi connectivity index (χ2v) is 16.2. The number of hydrogen-bond acceptors (Lipinski definition) is 6. The summed E-state index contributed by atoms with van der Waals surface area (Å²) in [5, 5.41) is 0. The molecule has 56 heavy (non-hydrogen) atoms. The SMILES string of the molecule is CCCCC/C=C\C/C=C\C/C=C\C/C=C\CCCC(=O)O[C@H](COC(c1ccccc1)(c1ccccc1)c1ccccc1)COP(=O)(O)OCC[N+](C)(C)C. The van der Waals surface area contributed by atoms with Gasteiger partial charge in [-0.15, -0.1) is 0 Å². The van der Waals surface area contributed by atoms with E-state index in [-0.39, 0.29) is 19.6 Å². The van der Waals surface area contributed by atoms with E-state index in [1.807, 2.05) is 112 Å². The molecule has 9 heteroatoms. The molecule has 0 radical (unpaired) electrons. The smallest absolute Gasteiger partial charge is 0.457 e. The molecule has 0 saturated heterocycles. The molecular weight excluding hydrogens is 721 g/mol. The molecule has 1 N–H and O–H groups in total. The van der Waals surface area contributed by atoms with E-state index in [9.17, 15) is 14.3 Å². The first-order valence-corrected chi connectivity index (χ1v) is 21.6. The number of unbranched alkanes of at least 4 members (excludes halogenated alkanes) is 4. The second-order valence-electron chi connectivity index (χ2n) is 14.8. The second kappa shape index (κ2) is 26.1. The summed E-state index contributed by atoms with van der Waals surface area (Å²) in [5.41, 5.74) is 1.54. The number of ether oxygens (including phenoxy) is 2. The van der Waals surface area contributed by atoms with E-state index < -0.39 is 32.1 Å². The zero-order chi connectivity index (χ0) is 40.4. The lowest BCUT2D eigenvalue weighted by atomic mass is 9.80. The van der Waals surface area contributed by atoms with Crippen LogP contribution in [0, 0.1) is 0 Å². The maximum absolute atomic E-state index is 13.2. The molecule has 8 nitrogen and oxygen atoms in total. The van der Waals surface area contributed by atoms with Crippen molar-refractivity contribution in [2.45, 2.75) is 82.8 Å². The van der Waals surface area contributed by atoms with Gasteiger partial charge in [-0.25, -0.2) is 4.57 Å². The van der Waals surface area contributed by atoms with E-state index in [4.69, 9.17) is 18.5 Å². The van der Waals surface area contributed by atoms with E-state index >= 15 is 0 Å². The van der Waals surface area contributed by atoms with Gasteiger partial charge in [0.15, 0.2) is 0 Å². The predicted molar refractivity (Wildman–Crippen MR) is 228 cm³/mol. The van der Waals surface area contributed by atoms with Gasteiger partial charge in [0.25, 0.3) is 0 Å². The molecule has 0 bridgehead atoms. The van der Waals surface area contributed by atoms with Crippen molar-refractivity contribution in [1.29, 1.82) is 0 Å². The monoisotopic (exact) mass is 786 g/mol. The van der Waals surface area contributed by atoms with Crippen molar-refractivity contribution in [2.75, 3.05) is 47.5 Å². The summed E-state index contributed by atoms with van der Waals surface area (Å²) in [6.07, 6.45) is 25.6. The third-order valence-corrected chi connectivity index (χ3v) is 9.96. The molecule has 0 saturated carbocycles. The van der Waals surface area contributed by atoms with Gasteiger partial charge in [-0.2, -0.15) is 0 Å². The Kier molecular flexibility index (Phi) is 21.7. The highest BCUT2D eigenvalue weighted by Crippen LogP contribution is 2.44. The molecule has 2 atom stereocenters. The number of esters is 1. The summed E-state index contributed by atoms with van der Waals surface area (Å²) in [5.74, 6) is -0.443. The van der Waals surface area contributed by atoms with Crippen LogP contribution in [0.3, 0.4) is 0 Å². The fraction of sp³-hybridized carbons (Fsp3) is 0.426. The number of likely N-dealkylation sites (N-methyl/N-ethyl adjacent to an activating group) is 1. The number of allylic oxidation sites excluding steroid dienone is 8. The molecule has 0 aliphatic rings. The van der Waals surface area contributed by atoms with Crippen molar-refractivity contribution in [1.82, 2.24) is 0 Å². The minimum atomic E-state index is -4.45. The summed E-state index contributed by atoms with van der Waals surface area (Å²) < 4.78 is 36.9. The molecule has 3 aromatic rings. The summed E-state index contributed by atoms with van der Waals surface area (Å²) in [6, 6.07) is 29.5. The average Bonchev–Trinajstić information content (AvgIpc) is 3.19. The van der Waals surface area contributed by atoms with Gasteiger partial charge in [0.2, 0.25) is 0 Å². The number of benzene rings is 3. The Morgan fingerprint density at radius 2 is 1.14 bits per heavy atom. The predicted octanol–water partition coefficient (Wildman–Crippen LogP) is 10.9. The van der Waals surface area contributed by atoms with E-state index in [0.29, 0.717) is 17.4 Å². The van der Waals surface area contributed by atoms with Gasteiger partial charge < -0.3 is 18.9 Å². The molecule has 0 spiro atoms. The number of quaternary nitrogens is 1. The van der Waals surface area contributed by atoms with Crippen molar-refractivity contribution >= 4 is 13.8 Å². The van der Waals surface area contributed by atoms with Crippen LogP contribution < -0.4 is 0 Å². The number of nitrogens with zero attached hydrogens (tertiary/aromatic N) is 1. The summed E-state index contributed by atoms with van der Waals surface area (Å²) in [7, 11) is 1.43. The molecule has 0 aliphatic carbocycles. The molecule has 1 unspecified atom stereocenters. The van der Waals surface area contributed by atoms with Gasteiger partial charge in [0.1, 0.15) is 24.9 Å². The number of hydrogen-bond donors (Lipinski definition) is 1. The average molecular weight is 787 g/mol. The third-order valence-electron chi connectivity index (χ3n) is 8.97. The van der Waals surface area contributed by atoms with Crippen LogP contribution in [-0.4, -0.2) is 69.0 Å². The van der Waals surface area contributed by atoms with Gasteiger partial charge in [-0.1, -0.05) is 159 Å². The standard InChI is InChI=1S/C47H64NO7P/c1-5-6-7-8-9-10-11-12-13-14-15-16-17-18-19-20-30-37-46(49)55-45(41-54-56(50,51)53-39-38-48(2,3)4)40-52-47(42-31-24-21-25-32-42,43-33-26-22-27-34-43)44-35-28-23-29-36-44/h9-10,12-13,15-16,18-19,21-29,31-36,45H,5-8,11,14,17,20,30,37-41H2,1-4H3/p+1/b10-9-,13-12-,16-15-,19-18-/t45-/m1/s1. The molecule has 0 amide bonds. The number of carbonyl (C=O) groups is 1. The van der Waals surface area contributed by atoms with Crippen LogP contribution in [0.5, 0.6) is 0 Å². The molecule has 0 fully saturated rings. The zero-order valence-corrected chi connectivity index (χ0v) is 34.9. The molecule has 3 aromatic carbocycles. The highest BCUT2D eigenvalue weighted by atomic mass is 31.2. The number of phosphoric acid groups is 1. The van der Waals surface area contributed by atoms with Crippen LogP contribution in [-0.2, 0) is 33.5 Å². The highest BCUT2D eigenvalue weighted by molar-refractivity contribution is 7.47. The first-order valence-electron chi connectivity index (χ1n) is 20.1. The van der Waals surface area contributed by atoms with E-state index in [1.54, 1.807) is 0 Å². The fourth-order valence-corrected chi connectivity index (χ4v) is 6.66. The van der Waals surface area contributed by atoms with Crippen molar-refractivity contribution in [3.8, 4) is 0 Å². The Hall–Kier alpha value is -3.88. The summed E-state index contributed by atoms with van der Waals surface area (Å²) in [4.78, 5) is 23.7. The van der Waals surface area contributed by atoms with Crippen molar-refractivity contribution in [2.24, 2.45) is 0 Å². The lowest BCUT2D eigenvalue weighted by Gasteiger charge is -2.37. The molecule has 0 aliphatic heterocycles. The van der Waals surface area contributed by atoms with Gasteiger partial charge >= 0.3 is 13.8 Å². The number of rotatable bonds is 28. The molecule has 0 aromatic heterocycles. The van der Waals surface area contributed by atoms with Gasteiger partial charge in [0, 0.05) is 6.42 Å². The third kappa shape index (κ3) is 18.4. The Morgan fingerprint density at radius 3 is 1.61 bits per heavy atom. The molecule has 304 valence electrons. The summed E-state index contributed by atoms with van der Waals surface area (Å²) >= 11 is 0. The van der Waals surface area contributed by atoms with Crippen LogP contribution in [0.15, 0.2) is 140 Å². The van der Waals surface area contributed by atoms with Gasteiger partial charge in [0.05, 0.1) is 34.4 Å². The normalized spacial score (nSPS) is 14.2. The molecule has 3 rings (SSSR count). The van der Waals surface area contributed by atoms with Crippen LogP contribution in [0.4, 0.5) is 0 Å². The highest BCUT2D eigenvalue weighted by Gasteiger charge is 2.39. The zero-order valence-electron chi connectivity index (χ0n) is 34.0. The van der Waals surface area contributed by atoms with E-state index in [2.05, 4.69) is 55.5 Å². The Morgan fingerprint density at radius 1 is 0.679 bits per heavy atom. The lowest BCUT2D eigenvalue weighted by molar-refractivity contribution is -0.870. The van der Waals surface area contributed by atoms with Crippen molar-refractivity contribution < 1.29 is 37.3 Å².